The number of hydrogen-bond acceptors (Lipinski definition) is 9. The average Bonchev–Trinajstić information content (AvgIpc) is 3.71. The van der Waals surface area contributed by atoms with Gasteiger partial charge >= 0.3 is 11.9 Å². The van der Waals surface area contributed by atoms with Gasteiger partial charge < -0.3 is 14.9 Å². The van der Waals surface area contributed by atoms with Gasteiger partial charge in [0.1, 0.15) is 21.7 Å². The van der Waals surface area contributed by atoms with E-state index in [-0.39, 0.29) is 10.6 Å². The van der Waals surface area contributed by atoms with E-state index in [1.165, 1.54) is 23.8 Å². The number of thioether (sulfide) groups is 1. The molecule has 236 valence electrons. The predicted molar refractivity (Wildman–Crippen MR) is 181 cm³/mol. The van der Waals surface area contributed by atoms with Gasteiger partial charge in [-0.25, -0.2) is 9.78 Å². The summed E-state index contributed by atoms with van der Waals surface area (Å²) >= 11 is 5.70. The van der Waals surface area contributed by atoms with Crippen LogP contribution in [0.2, 0.25) is 0 Å². The number of nitrogens with zero attached hydrogens (tertiary/aromatic N) is 5. The Hall–Kier alpha value is -4.25. The van der Waals surface area contributed by atoms with Crippen molar-refractivity contribution in [1.82, 2.24) is 19.7 Å². The van der Waals surface area contributed by atoms with Crippen LogP contribution in [-0.4, -0.2) is 54.3 Å². The highest BCUT2D eigenvalue weighted by Gasteiger charge is 2.26. The van der Waals surface area contributed by atoms with Crippen LogP contribution in [0.4, 0.5) is 0 Å². The predicted octanol–water partition coefficient (Wildman–Crippen LogP) is 7.96. The molecule has 2 N–H and O–H groups in total. The number of aromatic carboxylic acids is 1. The molecule has 46 heavy (non-hydrogen) atoms. The summed E-state index contributed by atoms with van der Waals surface area (Å²) in [5.41, 5.74) is 3.96. The Morgan fingerprint density at radius 3 is 2.50 bits per heavy atom. The van der Waals surface area contributed by atoms with Gasteiger partial charge in [0.2, 0.25) is 4.73 Å². The molecule has 0 spiro atoms. The molecule has 3 aromatic carbocycles. The van der Waals surface area contributed by atoms with Crippen molar-refractivity contribution < 1.29 is 24.5 Å². The Morgan fingerprint density at radius 2 is 1.87 bits per heavy atom. The third-order valence-electron chi connectivity index (χ3n) is 7.02. The highest BCUT2D eigenvalue weighted by molar-refractivity contribution is 9.10. The van der Waals surface area contributed by atoms with Crippen molar-refractivity contribution in [3.05, 3.63) is 81.0 Å². The van der Waals surface area contributed by atoms with E-state index in [0.717, 1.165) is 34.2 Å². The number of carboxylic acid groups (broad SMARTS) is 2. The van der Waals surface area contributed by atoms with Crippen molar-refractivity contribution in [3.8, 4) is 28.1 Å². The summed E-state index contributed by atoms with van der Waals surface area (Å²) in [6, 6.07) is 19.9. The first-order valence-corrected chi connectivity index (χ1v) is 17.0. The number of fused-ring (bicyclic) bond motifs is 1. The minimum Gasteiger partial charge on any atom is -0.492 e. The first-order valence-electron chi connectivity index (χ1n) is 14.4. The number of carbonyl (C=O) groups is 2. The quantitative estimate of drug-likeness (QED) is 0.136. The lowest BCUT2D eigenvalue weighted by atomic mass is 9.99. The molecule has 0 radical (unpaired) electrons. The largest absolute Gasteiger partial charge is 0.492 e. The van der Waals surface area contributed by atoms with Gasteiger partial charge in [-0.3, -0.25) is 9.36 Å². The van der Waals surface area contributed by atoms with Crippen LogP contribution in [0.1, 0.15) is 59.1 Å². The van der Waals surface area contributed by atoms with Crippen molar-refractivity contribution in [1.29, 1.82) is 5.26 Å². The molecule has 13 heteroatoms. The van der Waals surface area contributed by atoms with E-state index < -0.39 is 11.9 Å². The smallest absolute Gasteiger partial charge is 0.347 e. The number of nitriles is 1. The second-order valence-corrected chi connectivity index (χ2v) is 13.7. The number of aliphatic carboxylic acids is 1. The topological polar surface area (TPSA) is 151 Å². The van der Waals surface area contributed by atoms with Crippen molar-refractivity contribution in [2.24, 2.45) is 5.92 Å². The zero-order valence-electron chi connectivity index (χ0n) is 25.2. The molecule has 0 atom stereocenters. The van der Waals surface area contributed by atoms with Gasteiger partial charge in [-0.05, 0) is 82.7 Å². The number of ether oxygens (including phenoxy) is 1. The number of aromatic nitrogens is 4. The number of rotatable bonds is 10. The maximum atomic E-state index is 11.1. The minimum atomic E-state index is -0.987. The molecule has 2 aromatic heterocycles. The van der Waals surface area contributed by atoms with Gasteiger partial charge in [0.05, 0.1) is 29.3 Å². The van der Waals surface area contributed by atoms with Crippen LogP contribution in [0.3, 0.4) is 0 Å². The number of hydrogen-bond donors (Lipinski definition) is 2. The second-order valence-electron chi connectivity index (χ2n) is 11.0. The Bertz CT molecular complexity index is 1960. The summed E-state index contributed by atoms with van der Waals surface area (Å²) in [5, 5.41) is 39.0. The zero-order valence-corrected chi connectivity index (χ0v) is 28.4. The fourth-order valence-corrected chi connectivity index (χ4v) is 6.90. The summed E-state index contributed by atoms with van der Waals surface area (Å²) in [7, 11) is 0. The van der Waals surface area contributed by atoms with Gasteiger partial charge in [0.25, 0.3) is 0 Å². The molecule has 1 saturated carbocycles. The second kappa shape index (κ2) is 14.5. The Balaban J connectivity index is 0.000000182. The molecule has 2 heterocycles. The van der Waals surface area contributed by atoms with Crippen molar-refractivity contribution in [2.45, 2.75) is 44.7 Å². The molecule has 0 amide bonds. The van der Waals surface area contributed by atoms with E-state index in [0.29, 0.717) is 55.9 Å². The van der Waals surface area contributed by atoms with E-state index in [9.17, 15) is 14.9 Å². The Kier molecular flexibility index (Phi) is 10.4. The lowest BCUT2D eigenvalue weighted by Crippen LogP contribution is -2.05. The number of benzene rings is 3. The van der Waals surface area contributed by atoms with Gasteiger partial charge in [-0.15, -0.1) is 21.5 Å². The van der Waals surface area contributed by atoms with E-state index in [4.69, 9.17) is 14.9 Å². The maximum absolute atomic E-state index is 11.1. The standard InChI is InChI=1S/C17H14BrN3O2S.C16H16N2O3S/c18-16-19-20-17(24-9-15(22)23)21(16)14-8-7-11(10-5-6-10)12-3-1-2-4-13(12)14;1-9(2)8-21-13-5-4-11(6-12(13)7-17)15-18-10(3)14(22-15)16(19)20/h1-4,7-8,10H,5-6,9H2,(H,22,23);4-6,9H,8H2,1-3H3,(H,19,20). The van der Waals surface area contributed by atoms with Crippen molar-refractivity contribution >= 4 is 61.7 Å². The molecule has 5 aromatic rings. The summed E-state index contributed by atoms with van der Waals surface area (Å²) in [4.78, 5) is 26.5. The van der Waals surface area contributed by atoms with Crippen LogP contribution in [-0.2, 0) is 4.79 Å². The van der Waals surface area contributed by atoms with E-state index >= 15 is 0 Å². The summed E-state index contributed by atoms with van der Waals surface area (Å²) in [5.74, 6) is -0.353. The summed E-state index contributed by atoms with van der Waals surface area (Å²) < 4.78 is 8.05. The van der Waals surface area contributed by atoms with Crippen LogP contribution >= 0.6 is 39.0 Å². The highest BCUT2D eigenvalue weighted by Crippen LogP contribution is 2.44. The molecular weight excluding hydrogens is 690 g/mol. The summed E-state index contributed by atoms with van der Waals surface area (Å²) in [6.45, 7) is 6.26. The Morgan fingerprint density at radius 1 is 1.13 bits per heavy atom. The van der Waals surface area contributed by atoms with Gasteiger partial charge in [-0.1, -0.05) is 55.9 Å². The number of aryl methyl sites for hydroxylation is 1. The van der Waals surface area contributed by atoms with Crippen LogP contribution in [0, 0.1) is 24.2 Å². The van der Waals surface area contributed by atoms with E-state index in [1.807, 2.05) is 24.5 Å². The molecule has 0 bridgehead atoms. The van der Waals surface area contributed by atoms with Crippen LogP contribution < -0.4 is 4.74 Å². The van der Waals surface area contributed by atoms with Crippen LogP contribution in [0.5, 0.6) is 5.75 Å². The highest BCUT2D eigenvalue weighted by atomic mass is 79.9. The van der Waals surface area contributed by atoms with Gasteiger partial charge in [0, 0.05) is 10.9 Å². The molecule has 1 fully saturated rings. The zero-order chi connectivity index (χ0) is 33.0. The Labute approximate surface area is 282 Å². The van der Waals surface area contributed by atoms with E-state index in [1.54, 1.807) is 25.1 Å². The van der Waals surface area contributed by atoms with Crippen molar-refractivity contribution in [3.63, 3.8) is 0 Å². The number of thiazole rings is 1. The van der Waals surface area contributed by atoms with E-state index in [2.05, 4.69) is 67.5 Å². The molecule has 1 aliphatic rings. The fraction of sp³-hybridized carbons (Fsp3) is 0.273. The van der Waals surface area contributed by atoms with Crippen molar-refractivity contribution in [2.75, 3.05) is 12.4 Å². The first kappa shape index (κ1) is 33.1. The SMILES string of the molecule is Cc1nc(-c2ccc(OCC(C)C)c(C#N)c2)sc1C(=O)O.O=C(O)CSc1nnc(Br)n1-c1ccc(C2CC2)c2ccccc12. The lowest BCUT2D eigenvalue weighted by molar-refractivity contribution is -0.133. The number of halogens is 1. The third kappa shape index (κ3) is 7.58. The van der Waals surface area contributed by atoms with Crippen LogP contribution in [0.15, 0.2) is 64.5 Å². The minimum absolute atomic E-state index is 0.0524. The summed E-state index contributed by atoms with van der Waals surface area (Å²) in [6.07, 6.45) is 2.50. The molecule has 0 unspecified atom stereocenters. The molecule has 1 aliphatic carbocycles. The lowest BCUT2D eigenvalue weighted by Gasteiger charge is -2.13. The molecule has 10 nitrogen and oxygen atoms in total. The van der Waals surface area contributed by atoms with Crippen LogP contribution in [0.25, 0.3) is 27.0 Å². The normalized spacial score (nSPS) is 12.4. The molecule has 0 aliphatic heterocycles. The number of carboxylic acids is 2. The molecule has 6 rings (SSSR count). The average molecular weight is 721 g/mol. The monoisotopic (exact) mass is 719 g/mol. The fourth-order valence-electron chi connectivity index (χ4n) is 4.78. The molecule has 0 saturated heterocycles. The van der Waals surface area contributed by atoms with Gasteiger partial charge in [0.15, 0.2) is 5.16 Å². The first-order chi connectivity index (χ1) is 22.1. The third-order valence-corrected chi connectivity index (χ3v) is 9.64. The maximum Gasteiger partial charge on any atom is 0.347 e. The van der Waals surface area contributed by atoms with Gasteiger partial charge in [-0.2, -0.15) is 5.26 Å². The molecular formula is C33H30BrN5O5S2.